The van der Waals surface area contributed by atoms with Crippen molar-refractivity contribution in [1.29, 1.82) is 0 Å². The molecule has 7 nitrogen and oxygen atoms in total. The fourth-order valence-electron chi connectivity index (χ4n) is 2.47. The van der Waals surface area contributed by atoms with Gasteiger partial charge in [0.1, 0.15) is 0 Å². The van der Waals surface area contributed by atoms with Crippen molar-refractivity contribution in [2.45, 2.75) is 38.3 Å². The van der Waals surface area contributed by atoms with E-state index >= 15 is 0 Å². The highest BCUT2D eigenvalue weighted by atomic mass is 16.3. The molecule has 3 N–H and O–H groups in total. The maximum Gasteiger partial charge on any atom is 0.321 e. The van der Waals surface area contributed by atoms with Crippen LogP contribution in [-0.4, -0.2) is 77.8 Å². The van der Waals surface area contributed by atoms with Crippen molar-refractivity contribution in [3.63, 3.8) is 0 Å². The zero-order valence-corrected chi connectivity index (χ0v) is 12.9. The van der Waals surface area contributed by atoms with Crippen molar-refractivity contribution in [2.75, 3.05) is 39.3 Å². The summed E-state index contributed by atoms with van der Waals surface area (Å²) < 4.78 is 0. The molecule has 1 saturated carbocycles. The molecule has 0 aromatic rings. The summed E-state index contributed by atoms with van der Waals surface area (Å²) in [5, 5.41) is 14.9. The third kappa shape index (κ3) is 6.41. The molecule has 3 amide bonds. The van der Waals surface area contributed by atoms with Gasteiger partial charge in [0.05, 0.1) is 12.1 Å². The number of rotatable bonds is 5. The zero-order valence-electron chi connectivity index (χ0n) is 12.9. The quantitative estimate of drug-likeness (QED) is 0.629. The van der Waals surface area contributed by atoms with Crippen molar-refractivity contribution in [1.82, 2.24) is 20.4 Å². The Balaban J connectivity index is 1.63. The molecule has 0 aromatic heterocycles. The van der Waals surface area contributed by atoms with E-state index in [0.717, 1.165) is 39.0 Å². The summed E-state index contributed by atoms with van der Waals surface area (Å²) in [6.07, 6.45) is 2.01. The summed E-state index contributed by atoms with van der Waals surface area (Å²) in [7, 11) is 0. The molecule has 2 rings (SSSR count). The summed E-state index contributed by atoms with van der Waals surface area (Å²) in [6.45, 7) is 7.67. The largest absolute Gasteiger partial charge is 0.389 e. The van der Waals surface area contributed by atoms with Crippen LogP contribution in [0.3, 0.4) is 0 Å². The normalized spacial score (nSPS) is 21.1. The van der Waals surface area contributed by atoms with Crippen molar-refractivity contribution < 1.29 is 14.7 Å². The minimum Gasteiger partial charge on any atom is -0.389 e. The number of β-amino-alcohol motifs (C(OH)–C–C–N with tert-alkyl or cyclic N) is 1. The van der Waals surface area contributed by atoms with Crippen LogP contribution in [0.1, 0.15) is 26.7 Å². The van der Waals surface area contributed by atoms with Crippen molar-refractivity contribution >= 4 is 11.9 Å². The Hall–Kier alpha value is -1.18. The Kier molecular flexibility index (Phi) is 5.18. The predicted octanol–water partition coefficient (Wildman–Crippen LogP) is -0.637. The Morgan fingerprint density at radius 2 is 1.71 bits per heavy atom. The van der Waals surface area contributed by atoms with Gasteiger partial charge in [0.15, 0.2) is 0 Å². The van der Waals surface area contributed by atoms with Crippen molar-refractivity contribution in [3.8, 4) is 0 Å². The molecule has 120 valence electrons. The number of amides is 3. The van der Waals surface area contributed by atoms with Crippen LogP contribution in [0.5, 0.6) is 0 Å². The number of piperazine rings is 1. The maximum absolute atomic E-state index is 11.8. The summed E-state index contributed by atoms with van der Waals surface area (Å²) in [5.74, 6) is -0.260. The van der Waals surface area contributed by atoms with Crippen LogP contribution in [-0.2, 0) is 4.79 Å². The van der Waals surface area contributed by atoms with Crippen LogP contribution in [0.15, 0.2) is 0 Å². The number of imide groups is 1. The molecule has 1 aliphatic carbocycles. The molecule has 1 heterocycles. The van der Waals surface area contributed by atoms with E-state index in [4.69, 9.17) is 0 Å². The number of nitrogens with zero attached hydrogens (tertiary/aromatic N) is 2. The van der Waals surface area contributed by atoms with E-state index < -0.39 is 5.60 Å². The molecule has 21 heavy (non-hydrogen) atoms. The molecule has 0 unspecified atom stereocenters. The van der Waals surface area contributed by atoms with E-state index in [-0.39, 0.29) is 24.5 Å². The second-order valence-corrected chi connectivity index (χ2v) is 6.66. The van der Waals surface area contributed by atoms with Gasteiger partial charge < -0.3 is 10.4 Å². The Morgan fingerprint density at radius 1 is 1.14 bits per heavy atom. The number of nitrogens with one attached hydrogen (secondary N) is 2. The van der Waals surface area contributed by atoms with E-state index in [1.54, 1.807) is 13.8 Å². The van der Waals surface area contributed by atoms with E-state index in [1.807, 2.05) is 4.90 Å². The van der Waals surface area contributed by atoms with Crippen LogP contribution < -0.4 is 10.6 Å². The lowest BCUT2D eigenvalue weighted by Crippen LogP contribution is -2.53. The van der Waals surface area contributed by atoms with E-state index in [0.29, 0.717) is 6.54 Å². The van der Waals surface area contributed by atoms with Gasteiger partial charge in [0.2, 0.25) is 5.91 Å². The molecule has 0 atom stereocenters. The van der Waals surface area contributed by atoms with Crippen LogP contribution in [0.25, 0.3) is 0 Å². The molecule has 1 saturated heterocycles. The number of carbonyl (C=O) groups is 2. The maximum atomic E-state index is 11.8. The summed E-state index contributed by atoms with van der Waals surface area (Å²) in [6, 6.07) is -0.133. The molecular formula is C14H26N4O3. The molecular weight excluding hydrogens is 272 g/mol. The van der Waals surface area contributed by atoms with Crippen molar-refractivity contribution in [2.24, 2.45) is 0 Å². The van der Waals surface area contributed by atoms with Gasteiger partial charge in [-0.25, -0.2) is 4.79 Å². The van der Waals surface area contributed by atoms with Crippen molar-refractivity contribution in [3.05, 3.63) is 0 Å². The lowest BCUT2D eigenvalue weighted by molar-refractivity contribution is -0.121. The van der Waals surface area contributed by atoms with Gasteiger partial charge in [0.25, 0.3) is 0 Å². The molecule has 0 spiro atoms. The Morgan fingerprint density at radius 3 is 2.24 bits per heavy atom. The van der Waals surface area contributed by atoms with Crippen LogP contribution in [0.4, 0.5) is 4.79 Å². The third-order valence-electron chi connectivity index (χ3n) is 3.61. The first kappa shape index (κ1) is 16.2. The van der Waals surface area contributed by atoms with E-state index in [9.17, 15) is 14.7 Å². The topological polar surface area (TPSA) is 84.9 Å². The minimum atomic E-state index is -0.694. The number of urea groups is 1. The second-order valence-electron chi connectivity index (χ2n) is 6.66. The standard InChI is InChI=1S/C14H26N4O3/c1-14(2,21)10-18-7-5-17(6-8-18)9-12(19)16-13(20)15-11-3-4-11/h11,21H,3-10H2,1-2H3,(H2,15,16,19,20). The zero-order chi connectivity index (χ0) is 15.5. The van der Waals surface area contributed by atoms with E-state index in [2.05, 4.69) is 15.5 Å². The van der Waals surface area contributed by atoms with Crippen LogP contribution in [0, 0.1) is 0 Å². The monoisotopic (exact) mass is 298 g/mol. The molecule has 0 bridgehead atoms. The highest BCUT2D eigenvalue weighted by Crippen LogP contribution is 2.18. The number of carbonyl (C=O) groups excluding carboxylic acids is 2. The molecule has 0 radical (unpaired) electrons. The Bertz CT molecular complexity index is 382. The summed E-state index contributed by atoms with van der Waals surface area (Å²) in [5.41, 5.74) is -0.694. The molecule has 7 heteroatoms. The number of aliphatic hydroxyl groups is 1. The summed E-state index contributed by atoms with van der Waals surface area (Å²) >= 11 is 0. The highest BCUT2D eigenvalue weighted by molar-refractivity contribution is 5.95. The first-order valence-corrected chi connectivity index (χ1v) is 7.59. The van der Waals surface area contributed by atoms with Gasteiger partial charge in [-0.2, -0.15) is 0 Å². The first-order valence-electron chi connectivity index (χ1n) is 7.59. The SMILES string of the molecule is CC(C)(O)CN1CCN(CC(=O)NC(=O)NC2CC2)CC1. The molecule has 1 aliphatic heterocycles. The van der Waals surface area contributed by atoms with Gasteiger partial charge in [-0.1, -0.05) is 0 Å². The minimum absolute atomic E-state index is 0.244. The van der Waals surface area contributed by atoms with Gasteiger partial charge in [-0.3, -0.25) is 19.9 Å². The lowest BCUT2D eigenvalue weighted by Gasteiger charge is -2.36. The van der Waals surface area contributed by atoms with Crippen LogP contribution in [0.2, 0.25) is 0 Å². The molecule has 2 aliphatic rings. The molecule has 0 aromatic carbocycles. The lowest BCUT2D eigenvalue weighted by atomic mass is 10.1. The fraction of sp³-hybridized carbons (Fsp3) is 0.857. The number of hydrogen-bond acceptors (Lipinski definition) is 5. The van der Waals surface area contributed by atoms with Gasteiger partial charge in [-0.05, 0) is 26.7 Å². The van der Waals surface area contributed by atoms with E-state index in [1.165, 1.54) is 0 Å². The molecule has 2 fully saturated rings. The Labute approximate surface area is 125 Å². The highest BCUT2D eigenvalue weighted by Gasteiger charge is 2.26. The average Bonchev–Trinajstić information content (AvgIpc) is 3.13. The second kappa shape index (κ2) is 6.72. The van der Waals surface area contributed by atoms with Crippen LogP contribution >= 0.6 is 0 Å². The smallest absolute Gasteiger partial charge is 0.321 e. The van der Waals surface area contributed by atoms with Gasteiger partial charge in [0, 0.05) is 38.8 Å². The van der Waals surface area contributed by atoms with Gasteiger partial charge >= 0.3 is 6.03 Å². The first-order chi connectivity index (χ1) is 9.82. The average molecular weight is 298 g/mol. The predicted molar refractivity (Wildman–Crippen MR) is 78.9 cm³/mol. The van der Waals surface area contributed by atoms with Gasteiger partial charge in [-0.15, -0.1) is 0 Å². The summed E-state index contributed by atoms with van der Waals surface area (Å²) in [4.78, 5) is 27.4. The third-order valence-corrected chi connectivity index (χ3v) is 3.61. The fourth-order valence-corrected chi connectivity index (χ4v) is 2.47. The number of hydrogen-bond donors (Lipinski definition) is 3.